The van der Waals surface area contributed by atoms with Crippen molar-refractivity contribution in [2.45, 2.75) is 25.3 Å². The van der Waals surface area contributed by atoms with Crippen molar-refractivity contribution in [3.8, 4) is 11.5 Å². The molecular formula is C22H21N3O4S. The number of hydrazine groups is 1. The van der Waals surface area contributed by atoms with E-state index in [1.165, 1.54) is 11.8 Å². The Labute approximate surface area is 178 Å². The van der Waals surface area contributed by atoms with Gasteiger partial charge in [-0.1, -0.05) is 36.4 Å². The van der Waals surface area contributed by atoms with Crippen LogP contribution in [0.4, 0.5) is 0 Å². The Morgan fingerprint density at radius 3 is 2.67 bits per heavy atom. The summed E-state index contributed by atoms with van der Waals surface area (Å²) in [5.74, 6) is 0.855. The first-order valence-electron chi connectivity index (χ1n) is 9.55. The van der Waals surface area contributed by atoms with Crippen LogP contribution in [-0.4, -0.2) is 29.3 Å². The second-order valence-corrected chi connectivity index (χ2v) is 7.83. The number of pyridine rings is 1. The van der Waals surface area contributed by atoms with Gasteiger partial charge in [-0.15, -0.1) is 0 Å². The van der Waals surface area contributed by atoms with Gasteiger partial charge in [0.05, 0.1) is 11.3 Å². The van der Waals surface area contributed by atoms with E-state index in [0.717, 1.165) is 39.2 Å². The molecule has 0 aliphatic carbocycles. The average Bonchev–Trinajstić information content (AvgIpc) is 3.20. The van der Waals surface area contributed by atoms with Crippen LogP contribution in [0.15, 0.2) is 47.5 Å². The first-order chi connectivity index (χ1) is 14.5. The van der Waals surface area contributed by atoms with Crippen molar-refractivity contribution in [3.05, 3.63) is 59.2 Å². The summed E-state index contributed by atoms with van der Waals surface area (Å²) in [6, 6.07) is 13.0. The Morgan fingerprint density at radius 2 is 1.90 bits per heavy atom. The molecule has 0 saturated heterocycles. The summed E-state index contributed by atoms with van der Waals surface area (Å²) >= 11 is 1.33. The molecule has 7 nitrogen and oxygen atoms in total. The van der Waals surface area contributed by atoms with Crippen molar-refractivity contribution in [3.63, 3.8) is 0 Å². The van der Waals surface area contributed by atoms with Crippen molar-refractivity contribution in [2.24, 2.45) is 0 Å². The Morgan fingerprint density at radius 1 is 1.10 bits per heavy atom. The number of carbonyl (C=O) groups excluding carboxylic acids is 2. The van der Waals surface area contributed by atoms with Gasteiger partial charge in [0.25, 0.3) is 5.91 Å². The van der Waals surface area contributed by atoms with Crippen LogP contribution in [0.1, 0.15) is 28.4 Å². The molecule has 2 N–H and O–H groups in total. The maximum Gasteiger partial charge on any atom is 0.269 e. The zero-order valence-corrected chi connectivity index (χ0v) is 17.5. The normalized spacial score (nSPS) is 12.1. The summed E-state index contributed by atoms with van der Waals surface area (Å²) in [4.78, 5) is 29.1. The van der Waals surface area contributed by atoms with Crippen molar-refractivity contribution >= 4 is 34.5 Å². The van der Waals surface area contributed by atoms with Crippen molar-refractivity contribution in [2.75, 3.05) is 12.5 Å². The zero-order valence-electron chi connectivity index (χ0n) is 16.7. The van der Waals surface area contributed by atoms with E-state index >= 15 is 0 Å². The lowest BCUT2D eigenvalue weighted by Gasteiger charge is -2.11. The average molecular weight is 423 g/mol. The minimum Gasteiger partial charge on any atom is -0.454 e. The summed E-state index contributed by atoms with van der Waals surface area (Å²) in [5.41, 5.74) is 8.20. The molecule has 4 rings (SSSR count). The number of fused-ring (bicyclic) bond motifs is 2. The molecule has 1 aliphatic rings. The van der Waals surface area contributed by atoms with Crippen LogP contribution < -0.4 is 20.3 Å². The minimum atomic E-state index is -0.355. The van der Waals surface area contributed by atoms with Gasteiger partial charge in [-0.3, -0.25) is 20.4 Å². The van der Waals surface area contributed by atoms with Crippen LogP contribution in [0.5, 0.6) is 11.5 Å². The van der Waals surface area contributed by atoms with Crippen molar-refractivity contribution in [1.29, 1.82) is 0 Å². The molecular weight excluding hydrogens is 402 g/mol. The number of nitrogens with one attached hydrogen (secondary N) is 2. The van der Waals surface area contributed by atoms with Gasteiger partial charge < -0.3 is 9.47 Å². The number of ether oxygens (including phenoxy) is 2. The molecule has 30 heavy (non-hydrogen) atoms. The fourth-order valence-corrected chi connectivity index (χ4v) is 4.01. The number of carbonyl (C=O) groups is 2. The molecule has 1 aromatic heterocycles. The van der Waals surface area contributed by atoms with E-state index < -0.39 is 0 Å². The van der Waals surface area contributed by atoms with Crippen molar-refractivity contribution in [1.82, 2.24) is 15.8 Å². The number of nitrogens with zero attached hydrogens (tertiary/aromatic N) is 1. The molecule has 2 heterocycles. The highest BCUT2D eigenvalue weighted by atomic mass is 32.2. The maximum atomic E-state index is 12.2. The van der Waals surface area contributed by atoms with Gasteiger partial charge in [0, 0.05) is 17.0 Å². The third-order valence-corrected chi connectivity index (χ3v) is 5.70. The molecule has 8 heteroatoms. The van der Waals surface area contributed by atoms with E-state index in [0.29, 0.717) is 11.3 Å². The molecule has 0 saturated carbocycles. The number of benzene rings is 2. The van der Waals surface area contributed by atoms with E-state index in [-0.39, 0.29) is 24.4 Å². The molecule has 0 fully saturated rings. The highest BCUT2D eigenvalue weighted by molar-refractivity contribution is 7.99. The lowest BCUT2D eigenvalue weighted by atomic mass is 10.1. The van der Waals surface area contributed by atoms with Gasteiger partial charge in [0.15, 0.2) is 11.5 Å². The van der Waals surface area contributed by atoms with Crippen LogP contribution in [-0.2, 0) is 11.2 Å². The molecule has 154 valence electrons. The predicted octanol–water partition coefficient (Wildman–Crippen LogP) is 3.39. The quantitative estimate of drug-likeness (QED) is 0.483. The smallest absolute Gasteiger partial charge is 0.269 e. The van der Waals surface area contributed by atoms with Gasteiger partial charge in [0.1, 0.15) is 5.03 Å². The Hall–Kier alpha value is -3.26. The molecule has 2 aromatic carbocycles. The van der Waals surface area contributed by atoms with E-state index in [1.54, 1.807) is 18.2 Å². The molecule has 0 atom stereocenters. The lowest BCUT2D eigenvalue weighted by Crippen LogP contribution is -2.42. The third-order valence-electron chi connectivity index (χ3n) is 4.66. The number of thioether (sulfide) groups is 1. The molecule has 2 amide bonds. The molecule has 0 bridgehead atoms. The number of aromatic nitrogens is 1. The molecule has 0 radical (unpaired) electrons. The van der Waals surface area contributed by atoms with Crippen molar-refractivity contribution < 1.29 is 19.1 Å². The molecule has 0 spiro atoms. The van der Waals surface area contributed by atoms with Crippen LogP contribution >= 0.6 is 11.8 Å². The van der Waals surface area contributed by atoms with Crippen LogP contribution in [0.2, 0.25) is 0 Å². The van der Waals surface area contributed by atoms with Crippen LogP contribution in [0.25, 0.3) is 10.9 Å². The largest absolute Gasteiger partial charge is 0.454 e. The van der Waals surface area contributed by atoms with E-state index in [1.807, 2.05) is 32.0 Å². The summed E-state index contributed by atoms with van der Waals surface area (Å²) in [7, 11) is 0. The number of amides is 2. The highest BCUT2D eigenvalue weighted by Crippen LogP contribution is 2.37. The number of aryl methyl sites for hydroxylation is 2. The lowest BCUT2D eigenvalue weighted by molar-refractivity contribution is -0.119. The number of hydrogen-bond acceptors (Lipinski definition) is 6. The van der Waals surface area contributed by atoms with Gasteiger partial charge in [-0.2, -0.15) is 0 Å². The zero-order chi connectivity index (χ0) is 21.1. The van der Waals surface area contributed by atoms with Gasteiger partial charge in [0.2, 0.25) is 12.7 Å². The maximum absolute atomic E-state index is 12.2. The standard InChI is InChI=1S/C22H21N3O4S/c1-3-14-8-16-9-18-19(29-12-28-18)10-17(16)23-22(14)30-11-20(26)24-25-21(27)15-6-4-5-13(2)7-15/h4-10H,3,11-12H2,1-2H3,(H,24,26)(H,25,27). The monoisotopic (exact) mass is 423 g/mol. The first-order valence-corrected chi connectivity index (χ1v) is 10.5. The molecule has 0 unspecified atom stereocenters. The molecule has 3 aromatic rings. The fourth-order valence-electron chi connectivity index (χ4n) is 3.12. The third kappa shape index (κ3) is 4.33. The Balaban J connectivity index is 1.40. The number of hydrogen-bond donors (Lipinski definition) is 2. The van der Waals surface area contributed by atoms with Gasteiger partial charge in [-0.05, 0) is 43.2 Å². The summed E-state index contributed by atoms with van der Waals surface area (Å²) in [6.45, 7) is 4.16. The van der Waals surface area contributed by atoms with Gasteiger partial charge >= 0.3 is 0 Å². The summed E-state index contributed by atoms with van der Waals surface area (Å²) < 4.78 is 10.9. The van der Waals surface area contributed by atoms with E-state index in [4.69, 9.17) is 14.5 Å². The minimum absolute atomic E-state index is 0.129. The van der Waals surface area contributed by atoms with Gasteiger partial charge in [-0.25, -0.2) is 4.98 Å². The summed E-state index contributed by atoms with van der Waals surface area (Å²) in [6.07, 6.45) is 0.783. The second-order valence-electron chi connectivity index (χ2n) is 6.86. The SMILES string of the molecule is CCc1cc2cc3c(cc2nc1SCC(=O)NNC(=O)c1cccc(C)c1)OCO3. The Kier molecular flexibility index (Phi) is 5.76. The van der Waals surface area contributed by atoms with E-state index in [2.05, 4.69) is 16.9 Å². The van der Waals surface area contributed by atoms with E-state index in [9.17, 15) is 9.59 Å². The topological polar surface area (TPSA) is 89.6 Å². The first kappa shape index (κ1) is 20.0. The van der Waals surface area contributed by atoms with Crippen LogP contribution in [0.3, 0.4) is 0 Å². The summed E-state index contributed by atoms with van der Waals surface area (Å²) in [5, 5.41) is 1.75. The van der Waals surface area contributed by atoms with Crippen LogP contribution in [0, 0.1) is 6.92 Å². The second kappa shape index (κ2) is 8.62. The Bertz CT molecular complexity index is 1130. The highest BCUT2D eigenvalue weighted by Gasteiger charge is 2.17. The predicted molar refractivity (Wildman–Crippen MR) is 115 cm³/mol. The molecule has 1 aliphatic heterocycles. The number of rotatable bonds is 5. The fraction of sp³-hybridized carbons (Fsp3) is 0.227.